The van der Waals surface area contributed by atoms with E-state index in [1.807, 2.05) is 0 Å². The number of rotatable bonds is 9. The van der Waals surface area contributed by atoms with Crippen molar-refractivity contribution < 1.29 is 39.5 Å². The first-order valence-corrected chi connectivity index (χ1v) is 13.6. The van der Waals surface area contributed by atoms with E-state index in [2.05, 4.69) is 10.0 Å². The molecule has 2 aromatic carbocycles. The lowest BCUT2D eigenvalue weighted by Gasteiger charge is -2.32. The van der Waals surface area contributed by atoms with E-state index in [0.717, 1.165) is 30.4 Å². The van der Waals surface area contributed by atoms with Gasteiger partial charge in [0.2, 0.25) is 17.2 Å². The molecule has 38 heavy (non-hydrogen) atoms. The fourth-order valence-electron chi connectivity index (χ4n) is 3.84. The lowest BCUT2D eigenvalue weighted by Crippen LogP contribution is -2.61. The molecule has 202 valence electrons. The van der Waals surface area contributed by atoms with Crippen molar-refractivity contribution in [3.63, 3.8) is 0 Å². The van der Waals surface area contributed by atoms with Gasteiger partial charge < -0.3 is 5.32 Å². The van der Waals surface area contributed by atoms with Crippen molar-refractivity contribution in [2.45, 2.75) is 30.7 Å². The van der Waals surface area contributed by atoms with Gasteiger partial charge in [0.05, 0.1) is 27.9 Å². The monoisotopic (exact) mass is 571 g/mol. The van der Waals surface area contributed by atoms with Gasteiger partial charge in [0.25, 0.3) is 0 Å². The molecule has 3 unspecified atom stereocenters. The maximum Gasteiger partial charge on any atom is 0.417 e. The van der Waals surface area contributed by atoms with E-state index in [4.69, 9.17) is 5.26 Å². The number of nitrogens with one attached hydrogen (secondary N) is 2. The number of sulfone groups is 1. The van der Waals surface area contributed by atoms with Crippen LogP contribution in [0.4, 0.5) is 23.2 Å². The van der Waals surface area contributed by atoms with E-state index in [9.17, 15) is 39.5 Å². The summed E-state index contributed by atoms with van der Waals surface area (Å²) in [6.07, 6.45) is -3.91. The normalized spacial score (nSPS) is 18.1. The molecule has 0 aromatic heterocycles. The van der Waals surface area contributed by atoms with Gasteiger partial charge in [-0.25, -0.2) is 17.0 Å². The SMILES string of the molecule is N#Cc1ccc(NC(=O)C(Cc2ccccc2)(CS(=O)(=O)C2=CCC(F)C=C2)NS(=O)O)cc1C(F)(F)F. The molecule has 0 saturated carbocycles. The number of hydrogen-bond donors (Lipinski definition) is 3. The molecule has 0 heterocycles. The molecule has 0 fully saturated rings. The summed E-state index contributed by atoms with van der Waals surface area (Å²) in [5.74, 6) is -2.32. The highest BCUT2D eigenvalue weighted by molar-refractivity contribution is 7.95. The highest BCUT2D eigenvalue weighted by atomic mass is 32.2. The zero-order valence-electron chi connectivity index (χ0n) is 19.4. The number of hydrogen-bond acceptors (Lipinski definition) is 5. The maximum atomic E-state index is 13.6. The minimum Gasteiger partial charge on any atom is -0.324 e. The molecule has 8 nitrogen and oxygen atoms in total. The molecule has 3 atom stereocenters. The average Bonchev–Trinajstić information content (AvgIpc) is 2.83. The summed E-state index contributed by atoms with van der Waals surface area (Å²) >= 11 is -2.95. The Hall–Kier alpha value is -3.38. The van der Waals surface area contributed by atoms with Crippen molar-refractivity contribution in [3.05, 3.63) is 88.4 Å². The molecule has 1 aliphatic carbocycles. The third kappa shape index (κ3) is 7.13. The molecule has 0 radical (unpaired) electrons. The van der Waals surface area contributed by atoms with E-state index in [0.29, 0.717) is 11.6 Å². The van der Waals surface area contributed by atoms with E-state index >= 15 is 0 Å². The van der Waals surface area contributed by atoms with Crippen LogP contribution in [0.25, 0.3) is 0 Å². The largest absolute Gasteiger partial charge is 0.417 e. The van der Waals surface area contributed by atoms with Gasteiger partial charge in [-0.15, -0.1) is 0 Å². The first-order valence-electron chi connectivity index (χ1n) is 10.9. The smallest absolute Gasteiger partial charge is 0.324 e. The number of benzene rings is 2. The van der Waals surface area contributed by atoms with Gasteiger partial charge in [-0.1, -0.05) is 36.4 Å². The first kappa shape index (κ1) is 29.2. The fraction of sp³-hybridized carbons (Fsp3) is 0.250. The summed E-state index contributed by atoms with van der Waals surface area (Å²) in [5, 5.41) is 11.2. The van der Waals surface area contributed by atoms with Crippen molar-refractivity contribution in [1.82, 2.24) is 4.72 Å². The Kier molecular flexibility index (Phi) is 8.88. The molecule has 0 spiro atoms. The Labute approximate surface area is 218 Å². The number of carbonyl (C=O) groups excluding carboxylic acids is 1. The van der Waals surface area contributed by atoms with Crippen LogP contribution in [0, 0.1) is 11.3 Å². The minimum atomic E-state index is -4.94. The Morgan fingerprint density at radius 2 is 1.87 bits per heavy atom. The van der Waals surface area contributed by atoms with Gasteiger partial charge in [0.15, 0.2) is 9.84 Å². The number of alkyl halides is 4. The highest BCUT2D eigenvalue weighted by Crippen LogP contribution is 2.34. The van der Waals surface area contributed by atoms with Crippen molar-refractivity contribution in [2.75, 3.05) is 11.1 Å². The summed E-state index contributed by atoms with van der Waals surface area (Å²) < 4.78 is 104. The Bertz CT molecular complexity index is 1440. The highest BCUT2D eigenvalue weighted by Gasteiger charge is 2.45. The molecule has 0 bridgehead atoms. The van der Waals surface area contributed by atoms with Gasteiger partial charge >= 0.3 is 6.18 Å². The molecule has 0 aliphatic heterocycles. The van der Waals surface area contributed by atoms with Gasteiger partial charge in [-0.3, -0.25) is 9.35 Å². The number of nitriles is 1. The Morgan fingerprint density at radius 1 is 1.18 bits per heavy atom. The second-order valence-electron chi connectivity index (χ2n) is 8.40. The lowest BCUT2D eigenvalue weighted by molar-refractivity contribution is -0.137. The Balaban J connectivity index is 2.09. The van der Waals surface area contributed by atoms with E-state index < -0.39 is 73.9 Å². The number of nitrogens with zero attached hydrogens (tertiary/aromatic N) is 1. The third-order valence-electron chi connectivity index (χ3n) is 5.58. The van der Waals surface area contributed by atoms with Gasteiger partial charge in [0.1, 0.15) is 11.7 Å². The second kappa shape index (κ2) is 11.6. The van der Waals surface area contributed by atoms with Crippen LogP contribution >= 0.6 is 0 Å². The van der Waals surface area contributed by atoms with Crippen molar-refractivity contribution in [2.24, 2.45) is 0 Å². The summed E-state index contributed by atoms with van der Waals surface area (Å²) in [7, 11) is -4.39. The number of carbonyl (C=O) groups is 1. The van der Waals surface area contributed by atoms with Crippen LogP contribution in [0.2, 0.25) is 0 Å². The quantitative estimate of drug-likeness (QED) is 0.309. The molecule has 1 aliphatic rings. The second-order valence-corrected chi connectivity index (χ2v) is 11.1. The number of halogens is 4. The topological polar surface area (TPSA) is 136 Å². The van der Waals surface area contributed by atoms with E-state index in [1.54, 1.807) is 18.2 Å². The summed E-state index contributed by atoms with van der Waals surface area (Å²) in [6.45, 7) is 0. The molecule has 1 amide bonds. The molecule has 0 saturated heterocycles. The molecule has 3 rings (SSSR count). The summed E-state index contributed by atoms with van der Waals surface area (Å²) in [5.41, 5.74) is -4.48. The molecule has 14 heteroatoms. The maximum absolute atomic E-state index is 13.6. The van der Waals surface area contributed by atoms with Crippen LogP contribution in [0.3, 0.4) is 0 Å². The van der Waals surface area contributed by atoms with Gasteiger partial charge in [-0.05, 0) is 35.9 Å². The summed E-state index contributed by atoms with van der Waals surface area (Å²) in [4.78, 5) is 13.3. The average molecular weight is 572 g/mol. The molecular weight excluding hydrogens is 550 g/mol. The number of anilines is 1. The fourth-order valence-corrected chi connectivity index (χ4v) is 6.26. The lowest BCUT2D eigenvalue weighted by atomic mass is 9.92. The van der Waals surface area contributed by atoms with Crippen LogP contribution in [0.15, 0.2) is 71.7 Å². The van der Waals surface area contributed by atoms with Crippen molar-refractivity contribution >= 4 is 32.7 Å². The molecule has 3 N–H and O–H groups in total. The van der Waals surface area contributed by atoms with Crippen LogP contribution in [-0.2, 0) is 38.5 Å². The predicted octanol–water partition coefficient (Wildman–Crippen LogP) is 3.82. The van der Waals surface area contributed by atoms with Crippen LogP contribution in [-0.4, -0.2) is 40.6 Å². The number of amides is 1. The molecular formula is C24H21F4N3O5S2. The summed E-state index contributed by atoms with van der Waals surface area (Å²) in [6, 6.07) is 11.6. The van der Waals surface area contributed by atoms with Crippen LogP contribution in [0.1, 0.15) is 23.1 Å². The van der Waals surface area contributed by atoms with E-state index in [1.165, 1.54) is 18.2 Å². The van der Waals surface area contributed by atoms with E-state index in [-0.39, 0.29) is 11.3 Å². The standard InChI is InChI=1S/C24H21F4N3O5S2/c25-18-7-10-20(11-8-18)38(35,36)15-23(31-37(33)34,13-16-4-2-1-3-5-16)22(32)30-19-9-6-17(14-29)21(12-19)24(26,27)28/h1-7,9-12,18,31H,8,13,15H2,(H,30,32)(H,33,34). The Morgan fingerprint density at radius 3 is 2.42 bits per heavy atom. The third-order valence-corrected chi connectivity index (χ3v) is 8.04. The van der Waals surface area contributed by atoms with Crippen LogP contribution in [0.5, 0.6) is 0 Å². The predicted molar refractivity (Wildman–Crippen MR) is 132 cm³/mol. The first-order chi connectivity index (χ1) is 17.8. The van der Waals surface area contributed by atoms with Gasteiger partial charge in [-0.2, -0.15) is 23.2 Å². The van der Waals surface area contributed by atoms with Crippen molar-refractivity contribution in [3.8, 4) is 6.07 Å². The van der Waals surface area contributed by atoms with Crippen molar-refractivity contribution in [1.29, 1.82) is 5.26 Å². The zero-order chi connectivity index (χ0) is 28.1. The van der Waals surface area contributed by atoms with Crippen LogP contribution < -0.4 is 10.0 Å². The van der Waals surface area contributed by atoms with Gasteiger partial charge in [0, 0.05) is 18.5 Å². The zero-order valence-corrected chi connectivity index (χ0v) is 21.0. The number of allylic oxidation sites excluding steroid dienone is 3. The molecule has 2 aromatic rings. The minimum absolute atomic E-state index is 0.242.